The van der Waals surface area contributed by atoms with Gasteiger partial charge in [-0.05, 0) is 18.6 Å². The van der Waals surface area contributed by atoms with Crippen LogP contribution in [0, 0.1) is 5.95 Å². The Morgan fingerprint density at radius 2 is 1.83 bits per heavy atom. The lowest BCUT2D eigenvalue weighted by molar-refractivity contribution is 0.475. The lowest BCUT2D eigenvalue weighted by Gasteiger charge is -2.10. The lowest BCUT2D eigenvalue weighted by atomic mass is 10.2. The highest BCUT2D eigenvalue weighted by Crippen LogP contribution is 2.22. The topological polar surface area (TPSA) is 72.8 Å². The van der Waals surface area contributed by atoms with E-state index >= 15 is 0 Å². The number of nitrogens with zero attached hydrogens (tertiary/aromatic N) is 4. The van der Waals surface area contributed by atoms with Crippen LogP contribution in [0.4, 0.5) is 10.2 Å². The van der Waals surface area contributed by atoms with Gasteiger partial charge in [-0.15, -0.1) is 0 Å². The first-order valence-corrected chi connectivity index (χ1v) is 7.52. The van der Waals surface area contributed by atoms with E-state index in [1.165, 1.54) is 12.4 Å². The number of hydrogen-bond donors (Lipinski definition) is 1. The molecule has 3 aromatic heterocycles. The molecule has 122 valence electrons. The van der Waals surface area contributed by atoms with Crippen molar-refractivity contribution >= 4 is 5.82 Å². The van der Waals surface area contributed by atoms with Crippen molar-refractivity contribution in [3.63, 3.8) is 0 Å². The molecule has 1 N–H and O–H groups in total. The zero-order chi connectivity index (χ0) is 16.8. The van der Waals surface area contributed by atoms with Crippen molar-refractivity contribution in [3.8, 4) is 11.5 Å². The second kappa shape index (κ2) is 7.45. The van der Waals surface area contributed by atoms with Crippen LogP contribution in [0.1, 0.15) is 18.3 Å². The summed E-state index contributed by atoms with van der Waals surface area (Å²) in [6.07, 6.45) is 5.40. The van der Waals surface area contributed by atoms with E-state index < -0.39 is 5.95 Å². The molecule has 0 spiro atoms. The number of anilines is 1. The van der Waals surface area contributed by atoms with Gasteiger partial charge in [0.15, 0.2) is 5.75 Å². The van der Waals surface area contributed by atoms with E-state index in [0.717, 1.165) is 17.8 Å². The van der Waals surface area contributed by atoms with Gasteiger partial charge >= 0.3 is 0 Å². The summed E-state index contributed by atoms with van der Waals surface area (Å²) >= 11 is 0. The maximum absolute atomic E-state index is 13.1. The SMILES string of the molecule is CCc1cc(Oc2cncnc2)cc(CNc2cccc(F)n2)n1. The van der Waals surface area contributed by atoms with Crippen LogP contribution in [0.25, 0.3) is 0 Å². The molecule has 0 bridgehead atoms. The van der Waals surface area contributed by atoms with E-state index in [0.29, 0.717) is 23.9 Å². The highest BCUT2D eigenvalue weighted by Gasteiger charge is 2.06. The van der Waals surface area contributed by atoms with Crippen molar-refractivity contribution in [2.45, 2.75) is 19.9 Å². The predicted octanol–water partition coefficient (Wildman–Crippen LogP) is 3.37. The van der Waals surface area contributed by atoms with Gasteiger partial charge in [-0.2, -0.15) is 4.39 Å². The molecule has 6 nitrogen and oxygen atoms in total. The molecule has 3 aromatic rings. The summed E-state index contributed by atoms with van der Waals surface area (Å²) in [7, 11) is 0. The fraction of sp³-hybridized carbons (Fsp3) is 0.176. The number of aryl methyl sites for hydroxylation is 1. The molecule has 0 unspecified atom stereocenters. The number of rotatable bonds is 6. The second-order valence-corrected chi connectivity index (χ2v) is 5.01. The zero-order valence-corrected chi connectivity index (χ0v) is 13.1. The normalized spacial score (nSPS) is 10.4. The Morgan fingerprint density at radius 3 is 2.58 bits per heavy atom. The van der Waals surface area contributed by atoms with E-state index in [4.69, 9.17) is 4.74 Å². The maximum atomic E-state index is 13.1. The Kier molecular flexibility index (Phi) is 4.90. The van der Waals surface area contributed by atoms with Crippen molar-refractivity contribution in [3.05, 3.63) is 66.4 Å². The van der Waals surface area contributed by atoms with Gasteiger partial charge in [0.2, 0.25) is 5.95 Å². The molecule has 3 rings (SSSR count). The molecule has 0 amide bonds. The van der Waals surface area contributed by atoms with Crippen molar-refractivity contribution < 1.29 is 9.13 Å². The standard InChI is InChI=1S/C17H16FN5O/c1-2-12-6-14(24-15-9-19-11-20-10-15)7-13(22-12)8-21-17-5-3-4-16(18)23-17/h3-7,9-11H,2,8H2,1H3,(H,21,23). The number of hydrogen-bond acceptors (Lipinski definition) is 6. The van der Waals surface area contributed by atoms with Crippen molar-refractivity contribution in [1.82, 2.24) is 19.9 Å². The Morgan fingerprint density at radius 1 is 1.04 bits per heavy atom. The molecule has 0 aliphatic heterocycles. The summed E-state index contributed by atoms with van der Waals surface area (Å²) in [5.41, 5.74) is 1.67. The molecule has 24 heavy (non-hydrogen) atoms. The smallest absolute Gasteiger partial charge is 0.214 e. The van der Waals surface area contributed by atoms with Crippen LogP contribution < -0.4 is 10.1 Å². The molecular weight excluding hydrogens is 309 g/mol. The molecule has 3 heterocycles. The minimum atomic E-state index is -0.525. The Balaban J connectivity index is 1.76. The van der Waals surface area contributed by atoms with E-state index in [-0.39, 0.29) is 0 Å². The third-order valence-electron chi connectivity index (χ3n) is 3.21. The largest absolute Gasteiger partial charge is 0.454 e. The van der Waals surface area contributed by atoms with Crippen LogP contribution in [0.2, 0.25) is 0 Å². The van der Waals surface area contributed by atoms with Crippen molar-refractivity contribution in [2.24, 2.45) is 0 Å². The van der Waals surface area contributed by atoms with Gasteiger partial charge in [-0.25, -0.2) is 15.0 Å². The minimum Gasteiger partial charge on any atom is -0.454 e. The molecule has 0 aliphatic carbocycles. The summed E-state index contributed by atoms with van der Waals surface area (Å²) < 4.78 is 18.9. The van der Waals surface area contributed by atoms with E-state index in [1.807, 2.05) is 19.1 Å². The number of pyridine rings is 2. The monoisotopic (exact) mass is 325 g/mol. The number of aromatic nitrogens is 4. The Hall–Kier alpha value is -3.09. The highest BCUT2D eigenvalue weighted by molar-refractivity contribution is 5.36. The summed E-state index contributed by atoms with van der Waals surface area (Å²) in [4.78, 5) is 16.1. The average Bonchev–Trinajstić information content (AvgIpc) is 2.61. The van der Waals surface area contributed by atoms with Crippen LogP contribution in [-0.4, -0.2) is 19.9 Å². The Bertz CT molecular complexity index is 813. The predicted molar refractivity (Wildman–Crippen MR) is 87.2 cm³/mol. The van der Waals surface area contributed by atoms with Gasteiger partial charge in [-0.3, -0.25) is 4.98 Å². The fourth-order valence-corrected chi connectivity index (χ4v) is 2.11. The average molecular weight is 325 g/mol. The van der Waals surface area contributed by atoms with Crippen LogP contribution in [0.5, 0.6) is 11.5 Å². The molecule has 7 heteroatoms. The van der Waals surface area contributed by atoms with Gasteiger partial charge in [0.1, 0.15) is 17.9 Å². The first kappa shape index (κ1) is 15.8. The Labute approximate surface area is 138 Å². The molecular formula is C17H16FN5O. The van der Waals surface area contributed by atoms with Crippen molar-refractivity contribution in [1.29, 1.82) is 0 Å². The molecule has 0 saturated heterocycles. The maximum Gasteiger partial charge on any atom is 0.214 e. The second-order valence-electron chi connectivity index (χ2n) is 5.01. The van der Waals surface area contributed by atoms with Gasteiger partial charge < -0.3 is 10.1 Å². The van der Waals surface area contributed by atoms with Crippen LogP contribution in [0.3, 0.4) is 0 Å². The van der Waals surface area contributed by atoms with Gasteiger partial charge in [0.25, 0.3) is 0 Å². The van der Waals surface area contributed by atoms with E-state index in [9.17, 15) is 4.39 Å². The summed E-state index contributed by atoms with van der Waals surface area (Å²) in [5.74, 6) is 1.14. The van der Waals surface area contributed by atoms with Gasteiger partial charge in [0, 0.05) is 17.8 Å². The van der Waals surface area contributed by atoms with Crippen molar-refractivity contribution in [2.75, 3.05) is 5.32 Å². The molecule has 0 aliphatic rings. The number of ether oxygens (including phenoxy) is 1. The molecule has 0 radical (unpaired) electrons. The molecule has 0 fully saturated rings. The van der Waals surface area contributed by atoms with Crippen LogP contribution in [-0.2, 0) is 13.0 Å². The first-order valence-electron chi connectivity index (χ1n) is 7.52. The van der Waals surface area contributed by atoms with Crippen LogP contribution >= 0.6 is 0 Å². The molecule has 0 aromatic carbocycles. The lowest BCUT2D eigenvalue weighted by Crippen LogP contribution is -2.05. The molecule has 0 atom stereocenters. The summed E-state index contributed by atoms with van der Waals surface area (Å²) in [6, 6.07) is 8.29. The third-order valence-corrected chi connectivity index (χ3v) is 3.21. The van der Waals surface area contributed by atoms with E-state index in [2.05, 4.69) is 25.3 Å². The van der Waals surface area contributed by atoms with Gasteiger partial charge in [0.05, 0.1) is 24.6 Å². The summed E-state index contributed by atoms with van der Waals surface area (Å²) in [6.45, 7) is 2.43. The quantitative estimate of drug-likeness (QED) is 0.701. The minimum absolute atomic E-state index is 0.409. The van der Waals surface area contributed by atoms with E-state index in [1.54, 1.807) is 24.5 Å². The first-order chi connectivity index (χ1) is 11.7. The number of nitrogens with one attached hydrogen (secondary N) is 1. The highest BCUT2D eigenvalue weighted by atomic mass is 19.1. The molecule has 0 saturated carbocycles. The third kappa shape index (κ3) is 4.22. The van der Waals surface area contributed by atoms with Gasteiger partial charge in [-0.1, -0.05) is 13.0 Å². The van der Waals surface area contributed by atoms with Crippen LogP contribution in [0.15, 0.2) is 49.1 Å². The fourth-order valence-electron chi connectivity index (χ4n) is 2.11. The zero-order valence-electron chi connectivity index (χ0n) is 13.1. The number of halogens is 1. The summed E-state index contributed by atoms with van der Waals surface area (Å²) in [5, 5.41) is 3.05.